The Bertz CT molecular complexity index is 1800. The van der Waals surface area contributed by atoms with Gasteiger partial charge in [-0.1, -0.05) is 97.8 Å². The third-order valence-corrected chi connectivity index (χ3v) is 11.6. The average Bonchev–Trinajstić information content (AvgIpc) is 3.19. The number of ketones is 2. The smallest absolute Gasteiger partial charge is 0.338 e. The minimum atomic E-state index is -0.279. The van der Waals surface area contributed by atoms with Crippen LogP contribution in [0.1, 0.15) is 92.8 Å². The van der Waals surface area contributed by atoms with Crippen molar-refractivity contribution >= 4 is 23.5 Å². The van der Waals surface area contributed by atoms with Crippen LogP contribution in [0.25, 0.3) is 11.1 Å². The number of ether oxygens (including phenoxy) is 2. The molecule has 294 valence electrons. The standard InChI is InChI=1S/C48H58N2O6/c1-49(2,31-41-19-11-13-21-45(41)55-47(53)39-15-7-5-8-16-39)33-43(51)37-27-23-35(24-28-37)36-25-29-38(30-26-36)44(52)34-50(3,4)32-42-20-12-14-22-46(42)56-48(54)40-17-9-6-10-18-40/h5-10,15-18,23-30,41-42,45-46H,11-14,19-22,31-34H2,1-4H3/q+2. The molecule has 2 aliphatic carbocycles. The number of carbonyl (C=O) groups excluding carboxylic acids is 4. The van der Waals surface area contributed by atoms with E-state index in [4.69, 9.17) is 9.47 Å². The molecule has 2 saturated carbocycles. The highest BCUT2D eigenvalue weighted by molar-refractivity contribution is 5.98. The Balaban J connectivity index is 1.01. The molecule has 0 aliphatic heterocycles. The summed E-state index contributed by atoms with van der Waals surface area (Å²) in [6.07, 6.45) is 7.63. The quantitative estimate of drug-likeness (QED) is 0.0685. The number of hydrogen-bond acceptors (Lipinski definition) is 6. The largest absolute Gasteiger partial charge is 0.458 e. The SMILES string of the molecule is C[N+](C)(CC(=O)c1ccc(-c2ccc(C(=O)C[N+](C)(C)CC3CCCCC3OC(=O)c3ccccc3)cc2)cc1)CC1CCCCC1OC(=O)c1ccccc1. The third kappa shape index (κ3) is 11.1. The van der Waals surface area contributed by atoms with Crippen molar-refractivity contribution in [3.05, 3.63) is 131 Å². The Hall–Kier alpha value is -4.92. The summed E-state index contributed by atoms with van der Waals surface area (Å²) in [5, 5.41) is 0. The van der Waals surface area contributed by atoms with Crippen LogP contribution in [0.2, 0.25) is 0 Å². The lowest BCUT2D eigenvalue weighted by molar-refractivity contribution is -0.885. The highest BCUT2D eigenvalue weighted by atomic mass is 16.5. The third-order valence-electron chi connectivity index (χ3n) is 11.6. The fraction of sp³-hybridized carbons (Fsp3) is 0.417. The molecule has 0 aromatic heterocycles. The normalized spacial score (nSPS) is 20.1. The van der Waals surface area contributed by atoms with E-state index < -0.39 is 0 Å². The number of carbonyl (C=O) groups is 4. The van der Waals surface area contributed by atoms with Crippen LogP contribution in [0.4, 0.5) is 0 Å². The van der Waals surface area contributed by atoms with Crippen LogP contribution in [0, 0.1) is 11.8 Å². The molecule has 56 heavy (non-hydrogen) atoms. The summed E-state index contributed by atoms with van der Waals surface area (Å²) in [5.41, 5.74) is 4.42. The summed E-state index contributed by atoms with van der Waals surface area (Å²) in [6, 6.07) is 33.7. The number of rotatable bonds is 15. The monoisotopic (exact) mass is 758 g/mol. The Morgan fingerprint density at radius 1 is 0.464 bits per heavy atom. The molecule has 4 aromatic rings. The number of quaternary nitrogens is 2. The van der Waals surface area contributed by atoms with Gasteiger partial charge in [-0.05, 0) is 73.9 Å². The van der Waals surface area contributed by atoms with E-state index >= 15 is 0 Å². The first kappa shape index (κ1) is 40.7. The van der Waals surface area contributed by atoms with Crippen molar-refractivity contribution in [1.29, 1.82) is 0 Å². The zero-order chi connectivity index (χ0) is 39.7. The summed E-state index contributed by atoms with van der Waals surface area (Å²) >= 11 is 0. The Morgan fingerprint density at radius 3 is 1.16 bits per heavy atom. The molecule has 0 radical (unpaired) electrons. The van der Waals surface area contributed by atoms with Crippen molar-refractivity contribution < 1.29 is 37.6 Å². The lowest BCUT2D eigenvalue weighted by Crippen LogP contribution is -2.50. The Morgan fingerprint density at radius 2 is 0.804 bits per heavy atom. The number of likely N-dealkylation sites (N-methyl/N-ethyl adjacent to an activating group) is 2. The van der Waals surface area contributed by atoms with Crippen LogP contribution in [-0.2, 0) is 9.47 Å². The van der Waals surface area contributed by atoms with E-state index in [1.54, 1.807) is 24.3 Å². The first-order chi connectivity index (χ1) is 26.9. The molecule has 4 unspecified atom stereocenters. The molecule has 4 aromatic carbocycles. The van der Waals surface area contributed by atoms with Gasteiger partial charge in [0, 0.05) is 23.0 Å². The van der Waals surface area contributed by atoms with Gasteiger partial charge in [0.25, 0.3) is 0 Å². The first-order valence-corrected chi connectivity index (χ1v) is 20.3. The van der Waals surface area contributed by atoms with E-state index in [2.05, 4.69) is 28.2 Å². The molecule has 6 rings (SSSR count). The van der Waals surface area contributed by atoms with E-state index in [1.807, 2.05) is 84.9 Å². The number of esters is 2. The molecule has 8 heteroatoms. The molecule has 4 atom stereocenters. The van der Waals surface area contributed by atoms with Gasteiger partial charge in [0.2, 0.25) is 11.6 Å². The predicted octanol–water partition coefficient (Wildman–Crippen LogP) is 8.70. The highest BCUT2D eigenvalue weighted by Gasteiger charge is 2.36. The fourth-order valence-electron chi connectivity index (χ4n) is 8.69. The second-order valence-corrected chi connectivity index (χ2v) is 17.3. The van der Waals surface area contributed by atoms with Crippen molar-refractivity contribution in [1.82, 2.24) is 0 Å². The van der Waals surface area contributed by atoms with Gasteiger partial charge >= 0.3 is 11.9 Å². The van der Waals surface area contributed by atoms with Gasteiger partial charge in [-0.25, -0.2) is 9.59 Å². The molecule has 0 saturated heterocycles. The van der Waals surface area contributed by atoms with Crippen molar-refractivity contribution in [3.8, 4) is 11.1 Å². The molecule has 0 amide bonds. The van der Waals surface area contributed by atoms with Crippen LogP contribution in [-0.4, -0.2) is 99.0 Å². The molecule has 8 nitrogen and oxygen atoms in total. The highest BCUT2D eigenvalue weighted by Crippen LogP contribution is 2.31. The van der Waals surface area contributed by atoms with Crippen LogP contribution in [0.3, 0.4) is 0 Å². The summed E-state index contributed by atoms with van der Waals surface area (Å²) in [4.78, 5) is 52.7. The van der Waals surface area contributed by atoms with E-state index in [1.165, 1.54) is 0 Å². The maximum atomic E-state index is 13.5. The van der Waals surface area contributed by atoms with E-state index in [0.717, 1.165) is 75.6 Å². The number of Topliss-reactive ketones (excluding diaryl/α,β-unsaturated/α-hetero) is 2. The van der Waals surface area contributed by atoms with Gasteiger partial charge in [-0.3, -0.25) is 9.59 Å². The van der Waals surface area contributed by atoms with Crippen molar-refractivity contribution in [2.24, 2.45) is 11.8 Å². The van der Waals surface area contributed by atoms with Crippen molar-refractivity contribution in [3.63, 3.8) is 0 Å². The molecule has 0 spiro atoms. The Labute approximate surface area is 332 Å². The van der Waals surface area contributed by atoms with E-state index in [-0.39, 0.29) is 47.5 Å². The van der Waals surface area contributed by atoms with Gasteiger partial charge in [-0.15, -0.1) is 0 Å². The second kappa shape index (κ2) is 18.4. The summed E-state index contributed by atoms with van der Waals surface area (Å²) in [6.45, 7) is 2.20. The molecule has 2 aliphatic rings. The van der Waals surface area contributed by atoms with Crippen LogP contribution >= 0.6 is 0 Å². The van der Waals surface area contributed by atoms with Crippen LogP contribution in [0.15, 0.2) is 109 Å². The molecule has 2 fully saturated rings. The zero-order valence-corrected chi connectivity index (χ0v) is 33.5. The average molecular weight is 759 g/mol. The number of nitrogens with zero attached hydrogens (tertiary/aromatic N) is 2. The van der Waals surface area contributed by atoms with Crippen LogP contribution in [0.5, 0.6) is 0 Å². The maximum absolute atomic E-state index is 13.5. The van der Waals surface area contributed by atoms with E-state index in [0.29, 0.717) is 44.3 Å². The predicted molar refractivity (Wildman–Crippen MR) is 219 cm³/mol. The summed E-state index contributed by atoms with van der Waals surface area (Å²) in [7, 11) is 8.32. The van der Waals surface area contributed by atoms with Gasteiger partial charge in [-0.2, -0.15) is 0 Å². The summed E-state index contributed by atoms with van der Waals surface area (Å²) < 4.78 is 13.0. The minimum absolute atomic E-state index is 0.0748. The first-order valence-electron chi connectivity index (χ1n) is 20.3. The van der Waals surface area contributed by atoms with E-state index in [9.17, 15) is 19.2 Å². The zero-order valence-electron chi connectivity index (χ0n) is 33.5. The number of hydrogen-bond donors (Lipinski definition) is 0. The van der Waals surface area contributed by atoms with Gasteiger partial charge in [0.15, 0.2) is 0 Å². The topological polar surface area (TPSA) is 86.7 Å². The molecule has 0 N–H and O–H groups in total. The van der Waals surface area contributed by atoms with Gasteiger partial charge in [0.05, 0.1) is 52.4 Å². The van der Waals surface area contributed by atoms with Gasteiger partial charge < -0.3 is 18.4 Å². The van der Waals surface area contributed by atoms with Crippen molar-refractivity contribution in [2.45, 2.75) is 63.6 Å². The maximum Gasteiger partial charge on any atom is 0.338 e. The molecular weight excluding hydrogens is 701 g/mol. The Kier molecular flexibility index (Phi) is 13.3. The molecular formula is C48H58N2O6+2. The second-order valence-electron chi connectivity index (χ2n) is 17.3. The lowest BCUT2D eigenvalue weighted by atomic mass is 9.85. The minimum Gasteiger partial charge on any atom is -0.458 e. The van der Waals surface area contributed by atoms with Crippen molar-refractivity contribution in [2.75, 3.05) is 54.4 Å². The molecule has 0 heterocycles. The summed E-state index contributed by atoms with van der Waals surface area (Å²) in [5.74, 6) is -0.0160. The lowest BCUT2D eigenvalue weighted by Gasteiger charge is -2.38. The van der Waals surface area contributed by atoms with Crippen LogP contribution < -0.4 is 0 Å². The van der Waals surface area contributed by atoms with Gasteiger partial charge in [0.1, 0.15) is 25.3 Å². The molecule has 0 bridgehead atoms. The fourth-order valence-corrected chi connectivity index (χ4v) is 8.69. The number of benzene rings is 4.